The van der Waals surface area contributed by atoms with Crippen LogP contribution in [0.25, 0.3) is 0 Å². The molecule has 0 aliphatic heterocycles. The number of carboxylic acids is 1. The van der Waals surface area contributed by atoms with E-state index in [0.29, 0.717) is 11.1 Å². The summed E-state index contributed by atoms with van der Waals surface area (Å²) in [6.45, 7) is -0.592. The van der Waals surface area contributed by atoms with Crippen molar-refractivity contribution in [2.75, 3.05) is 6.73 Å². The monoisotopic (exact) mass is 300 g/mol. The van der Waals surface area contributed by atoms with Gasteiger partial charge in [0.25, 0.3) is 0 Å². The van der Waals surface area contributed by atoms with E-state index in [-0.39, 0.29) is 0 Å². The molecule has 0 heterocycles. The molecule has 0 bridgehead atoms. The molecule has 2 aromatic carbocycles. The predicted octanol–water partition coefficient (Wildman–Crippen LogP) is 1.26. The number of aliphatic carboxylic acids is 1. The van der Waals surface area contributed by atoms with Crippen molar-refractivity contribution in [3.05, 3.63) is 71.8 Å². The number of rotatable bonds is 5. The van der Waals surface area contributed by atoms with Gasteiger partial charge in [-0.2, -0.15) is 0 Å². The van der Waals surface area contributed by atoms with Crippen molar-refractivity contribution in [3.8, 4) is 0 Å². The number of aliphatic hydroxyl groups excluding tert-OH is 1. The van der Waals surface area contributed by atoms with Gasteiger partial charge >= 0.3 is 12.0 Å². The number of nitrogens with one attached hydrogen (secondary N) is 2. The van der Waals surface area contributed by atoms with Crippen LogP contribution < -0.4 is 10.6 Å². The van der Waals surface area contributed by atoms with E-state index in [1.807, 2.05) is 0 Å². The number of carboxylic acid groups (broad SMARTS) is 1. The molecule has 114 valence electrons. The third kappa shape index (κ3) is 2.91. The van der Waals surface area contributed by atoms with Crippen LogP contribution in [0.5, 0.6) is 0 Å². The smallest absolute Gasteiger partial charge is 0.338 e. The van der Waals surface area contributed by atoms with Crippen LogP contribution >= 0.6 is 0 Å². The van der Waals surface area contributed by atoms with Crippen molar-refractivity contribution < 1.29 is 19.8 Å². The number of amides is 2. The van der Waals surface area contributed by atoms with Crippen molar-refractivity contribution in [2.24, 2.45) is 0 Å². The molecule has 0 saturated heterocycles. The zero-order chi connectivity index (χ0) is 16.0. The molecule has 0 spiro atoms. The number of aliphatic hydroxyl groups is 1. The van der Waals surface area contributed by atoms with Crippen LogP contribution in [0.1, 0.15) is 11.1 Å². The average Bonchev–Trinajstić information content (AvgIpc) is 2.54. The number of urea groups is 1. The summed E-state index contributed by atoms with van der Waals surface area (Å²) >= 11 is 0. The maximum absolute atomic E-state index is 12.1. The quantitative estimate of drug-likeness (QED) is 0.625. The van der Waals surface area contributed by atoms with E-state index in [4.69, 9.17) is 5.11 Å². The van der Waals surface area contributed by atoms with Crippen LogP contribution in [0.2, 0.25) is 0 Å². The number of hydrogen-bond donors (Lipinski definition) is 4. The molecule has 0 unspecified atom stereocenters. The lowest BCUT2D eigenvalue weighted by atomic mass is 9.83. The molecular formula is C16H16N2O4. The van der Waals surface area contributed by atoms with Gasteiger partial charge in [0.05, 0.1) is 0 Å². The minimum atomic E-state index is -1.75. The Kier molecular flexibility index (Phi) is 4.75. The number of carbonyl (C=O) groups excluding carboxylic acids is 1. The van der Waals surface area contributed by atoms with Gasteiger partial charge < -0.3 is 20.8 Å². The molecule has 0 fully saturated rings. The van der Waals surface area contributed by atoms with E-state index < -0.39 is 24.3 Å². The molecule has 4 N–H and O–H groups in total. The minimum absolute atomic E-state index is 0.404. The summed E-state index contributed by atoms with van der Waals surface area (Å²) in [5.41, 5.74) is -0.939. The molecule has 6 nitrogen and oxygen atoms in total. The number of hydrogen-bond acceptors (Lipinski definition) is 3. The van der Waals surface area contributed by atoms with Crippen LogP contribution in [-0.2, 0) is 10.3 Å². The first-order valence-corrected chi connectivity index (χ1v) is 6.62. The second kappa shape index (κ2) is 6.73. The van der Waals surface area contributed by atoms with Crippen LogP contribution in [-0.4, -0.2) is 28.9 Å². The Morgan fingerprint density at radius 2 is 1.36 bits per heavy atom. The van der Waals surface area contributed by atoms with Gasteiger partial charge in [0.1, 0.15) is 6.73 Å². The summed E-state index contributed by atoms with van der Waals surface area (Å²) in [6, 6.07) is 16.0. The Balaban J connectivity index is 2.60. The van der Waals surface area contributed by atoms with Crippen molar-refractivity contribution in [2.45, 2.75) is 5.54 Å². The molecule has 2 aromatic rings. The molecule has 0 atom stereocenters. The summed E-state index contributed by atoms with van der Waals surface area (Å²) < 4.78 is 0. The van der Waals surface area contributed by atoms with Crippen molar-refractivity contribution in [3.63, 3.8) is 0 Å². The van der Waals surface area contributed by atoms with Crippen LogP contribution in [0, 0.1) is 0 Å². The van der Waals surface area contributed by atoms with Gasteiger partial charge in [-0.15, -0.1) is 0 Å². The number of benzene rings is 2. The molecular weight excluding hydrogens is 284 g/mol. The summed E-state index contributed by atoms with van der Waals surface area (Å²) in [4.78, 5) is 23.9. The fourth-order valence-corrected chi connectivity index (χ4v) is 2.27. The van der Waals surface area contributed by atoms with E-state index in [1.54, 1.807) is 60.7 Å². The fraction of sp³-hybridized carbons (Fsp3) is 0.125. The van der Waals surface area contributed by atoms with E-state index >= 15 is 0 Å². The molecule has 6 heteroatoms. The predicted molar refractivity (Wildman–Crippen MR) is 80.1 cm³/mol. The molecule has 0 aliphatic carbocycles. The zero-order valence-electron chi connectivity index (χ0n) is 11.7. The van der Waals surface area contributed by atoms with Crippen molar-refractivity contribution in [1.29, 1.82) is 0 Å². The number of carbonyl (C=O) groups is 2. The molecule has 0 radical (unpaired) electrons. The highest BCUT2D eigenvalue weighted by molar-refractivity contribution is 5.91. The molecule has 0 aliphatic rings. The Labute approximate surface area is 127 Å². The topological polar surface area (TPSA) is 98.7 Å². The third-order valence-electron chi connectivity index (χ3n) is 3.28. The fourth-order valence-electron chi connectivity index (χ4n) is 2.27. The maximum Gasteiger partial charge on any atom is 0.338 e. The van der Waals surface area contributed by atoms with Gasteiger partial charge in [0.2, 0.25) is 0 Å². The van der Waals surface area contributed by atoms with E-state index in [0.717, 1.165) is 0 Å². The van der Waals surface area contributed by atoms with E-state index in [2.05, 4.69) is 10.6 Å². The first-order valence-electron chi connectivity index (χ1n) is 6.62. The van der Waals surface area contributed by atoms with Gasteiger partial charge in [-0.3, -0.25) is 0 Å². The summed E-state index contributed by atoms with van der Waals surface area (Å²) in [6.07, 6.45) is 0. The van der Waals surface area contributed by atoms with Gasteiger partial charge in [-0.05, 0) is 11.1 Å². The van der Waals surface area contributed by atoms with Gasteiger partial charge in [0, 0.05) is 0 Å². The Hall–Kier alpha value is -2.86. The van der Waals surface area contributed by atoms with Gasteiger partial charge in [0.15, 0.2) is 5.54 Å². The lowest BCUT2D eigenvalue weighted by molar-refractivity contribution is -0.143. The normalized spacial score (nSPS) is 10.8. The summed E-state index contributed by atoms with van der Waals surface area (Å²) in [7, 11) is 0. The SMILES string of the molecule is O=C(NCO)NC(C(=O)O)(c1ccccc1)c1ccccc1. The molecule has 0 aromatic heterocycles. The summed E-state index contributed by atoms with van der Waals surface area (Å²) in [5, 5.41) is 23.2. The lowest BCUT2D eigenvalue weighted by Crippen LogP contribution is -2.55. The second-order valence-corrected chi connectivity index (χ2v) is 4.58. The molecule has 0 saturated carbocycles. The van der Waals surface area contributed by atoms with Crippen LogP contribution in [0.15, 0.2) is 60.7 Å². The molecule has 2 amide bonds. The zero-order valence-corrected chi connectivity index (χ0v) is 11.7. The maximum atomic E-state index is 12.1. The Morgan fingerprint density at radius 3 is 1.73 bits per heavy atom. The Bertz CT molecular complexity index is 604. The molecule has 2 rings (SSSR count). The van der Waals surface area contributed by atoms with Gasteiger partial charge in [-0.25, -0.2) is 9.59 Å². The first kappa shape index (κ1) is 15.5. The van der Waals surface area contributed by atoms with E-state index in [1.165, 1.54) is 0 Å². The third-order valence-corrected chi connectivity index (χ3v) is 3.28. The summed E-state index contributed by atoms with van der Waals surface area (Å²) in [5.74, 6) is -1.22. The van der Waals surface area contributed by atoms with Gasteiger partial charge in [-0.1, -0.05) is 60.7 Å². The van der Waals surface area contributed by atoms with Crippen LogP contribution in [0.3, 0.4) is 0 Å². The second-order valence-electron chi connectivity index (χ2n) is 4.58. The first-order chi connectivity index (χ1) is 10.6. The minimum Gasteiger partial charge on any atom is -0.479 e. The molecule has 22 heavy (non-hydrogen) atoms. The lowest BCUT2D eigenvalue weighted by Gasteiger charge is -2.31. The standard InChI is InChI=1S/C16H16N2O4/c19-11-17-15(22)18-16(14(20)21,12-7-3-1-4-8-12)13-9-5-2-6-10-13/h1-10,19H,11H2,(H,20,21)(H2,17,18,22). The van der Waals surface area contributed by atoms with Crippen LogP contribution in [0.4, 0.5) is 4.79 Å². The Morgan fingerprint density at radius 1 is 0.909 bits per heavy atom. The average molecular weight is 300 g/mol. The highest BCUT2D eigenvalue weighted by Crippen LogP contribution is 2.30. The van der Waals surface area contributed by atoms with Crippen molar-refractivity contribution in [1.82, 2.24) is 10.6 Å². The highest BCUT2D eigenvalue weighted by Gasteiger charge is 2.43. The van der Waals surface area contributed by atoms with E-state index in [9.17, 15) is 14.7 Å². The van der Waals surface area contributed by atoms with Crippen molar-refractivity contribution >= 4 is 12.0 Å². The highest BCUT2D eigenvalue weighted by atomic mass is 16.4. The largest absolute Gasteiger partial charge is 0.479 e.